The molecule has 1 fully saturated rings. The maximum Gasteiger partial charge on any atom is 0.316 e. The van der Waals surface area contributed by atoms with Crippen molar-refractivity contribution in [3.63, 3.8) is 0 Å². The van der Waals surface area contributed by atoms with Crippen LogP contribution in [0.1, 0.15) is 36.5 Å². The molecule has 0 aliphatic carbocycles. The molecule has 9 nitrogen and oxygen atoms in total. The minimum Gasteiger partial charge on any atom is -0.622 e. The highest BCUT2D eigenvalue weighted by Gasteiger charge is 2.62. The molecule has 42 heavy (non-hydrogen) atoms. The Morgan fingerprint density at radius 3 is 2.64 bits per heavy atom. The molecule has 1 amide bonds. The fourth-order valence-corrected chi connectivity index (χ4v) is 8.60. The van der Waals surface area contributed by atoms with Crippen LogP contribution >= 0.6 is 11.6 Å². The highest BCUT2D eigenvalue weighted by atomic mass is 35.5. The number of aromatic nitrogens is 1. The Morgan fingerprint density at radius 1 is 1.17 bits per heavy atom. The number of hydrogen-bond acceptors (Lipinski definition) is 7. The van der Waals surface area contributed by atoms with Crippen molar-refractivity contribution >= 4 is 51.1 Å². The number of hydrogen-bond donors (Lipinski definition) is 1. The van der Waals surface area contributed by atoms with E-state index in [1.807, 2.05) is 12.1 Å². The highest BCUT2D eigenvalue weighted by Crippen LogP contribution is 2.44. The number of anilines is 1. The molecule has 5 rings (SSSR count). The van der Waals surface area contributed by atoms with Crippen molar-refractivity contribution in [3.8, 4) is 0 Å². The number of nitrogens with one attached hydrogen (secondary N) is 1. The predicted molar refractivity (Wildman–Crippen MR) is 166 cm³/mol. The van der Waals surface area contributed by atoms with Crippen LogP contribution in [0.15, 0.2) is 70.8 Å². The number of rotatable bonds is 7. The fraction of sp³-hybridized carbons (Fsp3) is 0.355. The molecule has 3 aromatic rings. The van der Waals surface area contributed by atoms with E-state index >= 15 is 8.42 Å². The van der Waals surface area contributed by atoms with Crippen molar-refractivity contribution in [1.29, 1.82) is 0 Å². The van der Waals surface area contributed by atoms with Crippen LogP contribution in [-0.4, -0.2) is 61.0 Å². The summed E-state index contributed by atoms with van der Waals surface area (Å²) in [6, 6.07) is 14.0. The van der Waals surface area contributed by atoms with Crippen LogP contribution in [0.2, 0.25) is 5.02 Å². The molecule has 3 heterocycles. The Hall–Kier alpha value is -3.76. The van der Waals surface area contributed by atoms with Gasteiger partial charge in [-0.15, -0.1) is 0 Å². The van der Waals surface area contributed by atoms with E-state index in [4.69, 9.17) is 11.6 Å². The SMILES string of the molecule is CC(=O)NCCC1CCN(c2ccncc2)C[C@H]1[C@@]1(S(=O)(=O)c2cc(C)c(Cl)cc2C)C=Nc2ccccc2C=[N+]1[O-]. The van der Waals surface area contributed by atoms with Gasteiger partial charge in [-0.1, -0.05) is 23.7 Å². The summed E-state index contributed by atoms with van der Waals surface area (Å²) in [6.07, 6.45) is 7.17. The van der Waals surface area contributed by atoms with Crippen LogP contribution in [0, 0.1) is 30.9 Å². The van der Waals surface area contributed by atoms with Gasteiger partial charge < -0.3 is 15.4 Å². The zero-order valence-corrected chi connectivity index (χ0v) is 25.4. The molecule has 2 aliphatic heterocycles. The van der Waals surface area contributed by atoms with E-state index in [1.165, 1.54) is 19.4 Å². The second kappa shape index (κ2) is 11.9. The number of aryl methyl sites for hydroxylation is 2. The molecular formula is C31H34ClN5O4S. The number of sulfone groups is 1. The predicted octanol–water partition coefficient (Wildman–Crippen LogP) is 4.84. The van der Waals surface area contributed by atoms with Crippen molar-refractivity contribution < 1.29 is 18.0 Å². The first-order chi connectivity index (χ1) is 20.0. The largest absolute Gasteiger partial charge is 0.622 e. The summed E-state index contributed by atoms with van der Waals surface area (Å²) in [4.78, 5) is 20.6. The average Bonchev–Trinajstić information content (AvgIpc) is 3.12. The first-order valence-electron chi connectivity index (χ1n) is 13.9. The fourth-order valence-electron chi connectivity index (χ4n) is 6.06. The van der Waals surface area contributed by atoms with Gasteiger partial charge in [0.05, 0.1) is 28.3 Å². The van der Waals surface area contributed by atoms with Crippen molar-refractivity contribution in [2.45, 2.75) is 43.4 Å². The summed E-state index contributed by atoms with van der Waals surface area (Å²) < 4.78 is 30.8. The molecule has 1 unspecified atom stereocenters. The Balaban J connectivity index is 1.74. The second-order valence-electron chi connectivity index (χ2n) is 11.0. The van der Waals surface area contributed by atoms with E-state index in [-0.39, 0.29) is 23.3 Å². The maximum atomic E-state index is 15.1. The lowest BCUT2D eigenvalue weighted by Crippen LogP contribution is -2.62. The zero-order chi connectivity index (χ0) is 30.1. The Labute approximate surface area is 251 Å². The molecule has 1 aromatic heterocycles. The minimum atomic E-state index is -4.42. The van der Waals surface area contributed by atoms with E-state index in [0.717, 1.165) is 5.69 Å². The van der Waals surface area contributed by atoms with Crippen LogP contribution in [0.5, 0.6) is 0 Å². The van der Waals surface area contributed by atoms with Crippen LogP contribution < -0.4 is 10.2 Å². The van der Waals surface area contributed by atoms with Crippen molar-refractivity contribution in [3.05, 3.63) is 87.8 Å². The van der Waals surface area contributed by atoms with Gasteiger partial charge in [-0.05, 0) is 80.1 Å². The third-order valence-corrected chi connectivity index (χ3v) is 11.2. The number of carbonyl (C=O) groups is 1. The molecule has 3 atom stereocenters. The van der Waals surface area contributed by atoms with Crippen LogP contribution in [-0.2, 0) is 14.6 Å². The lowest BCUT2D eigenvalue weighted by atomic mass is 9.78. The molecule has 2 aromatic carbocycles. The quantitative estimate of drug-likeness (QED) is 0.303. The van der Waals surface area contributed by atoms with Gasteiger partial charge >= 0.3 is 4.87 Å². The summed E-state index contributed by atoms with van der Waals surface area (Å²) in [7, 11) is -4.42. The van der Waals surface area contributed by atoms with E-state index in [0.29, 0.717) is 58.1 Å². The molecule has 0 spiro atoms. The molecule has 0 radical (unpaired) electrons. The summed E-state index contributed by atoms with van der Waals surface area (Å²) in [6.45, 7) is 6.17. The average molecular weight is 608 g/mol. The van der Waals surface area contributed by atoms with E-state index in [1.54, 1.807) is 62.6 Å². The summed E-state index contributed by atoms with van der Waals surface area (Å²) >= 11 is 6.37. The van der Waals surface area contributed by atoms with Crippen LogP contribution in [0.4, 0.5) is 11.4 Å². The normalized spacial score (nSPS) is 22.2. The van der Waals surface area contributed by atoms with E-state index in [2.05, 4.69) is 20.2 Å². The number of hydroxylamine groups is 1. The first kappa shape index (κ1) is 29.7. The van der Waals surface area contributed by atoms with E-state index in [9.17, 15) is 10.0 Å². The first-order valence-corrected chi connectivity index (χ1v) is 15.8. The van der Waals surface area contributed by atoms with Crippen molar-refractivity contribution in [1.82, 2.24) is 10.3 Å². The number of para-hydroxylation sites is 1. The molecule has 220 valence electrons. The number of aliphatic imine (C=N–C) groups is 1. The third kappa shape index (κ3) is 5.41. The molecule has 11 heteroatoms. The Bertz CT molecular complexity index is 1660. The van der Waals surface area contributed by atoms with Gasteiger partial charge in [0.15, 0.2) is 6.21 Å². The number of benzene rings is 2. The number of nitrogens with zero attached hydrogens (tertiary/aromatic N) is 4. The molecule has 1 saturated heterocycles. The molecular weight excluding hydrogens is 574 g/mol. The number of carbonyl (C=O) groups excluding carboxylic acids is 1. The van der Waals surface area contributed by atoms with Crippen LogP contribution in [0.3, 0.4) is 0 Å². The number of fused-ring (bicyclic) bond motifs is 1. The second-order valence-corrected chi connectivity index (χ2v) is 13.5. The standard InChI is InChI=1S/C31H34ClN5O4S/c1-21-17-30(22(2)16-28(21)32)42(40,41)31(20-35-29-7-5-4-6-25(29)18-37(31)39)27-19-36(26-9-12-33-13-10-26)15-11-24(27)8-14-34-23(3)38/h4-7,9-10,12-13,16-18,20,24,27H,8,11,14-15,19H2,1-3H3,(H,34,38)/t24?,27-,31+/m1/s1. The summed E-state index contributed by atoms with van der Waals surface area (Å²) in [5.74, 6) is -1.11. The zero-order valence-electron chi connectivity index (χ0n) is 23.8. The Kier molecular flexibility index (Phi) is 8.39. The van der Waals surface area contributed by atoms with Crippen molar-refractivity contribution in [2.24, 2.45) is 16.8 Å². The van der Waals surface area contributed by atoms with Gasteiger partial charge in [0.2, 0.25) is 5.91 Å². The summed E-state index contributed by atoms with van der Waals surface area (Å²) in [5, 5.41) is 17.8. The minimum absolute atomic E-state index is 0.0395. The number of halogens is 1. The molecule has 0 bridgehead atoms. The monoisotopic (exact) mass is 607 g/mol. The van der Waals surface area contributed by atoms with Gasteiger partial charge in [0.25, 0.3) is 9.84 Å². The van der Waals surface area contributed by atoms with E-state index < -0.39 is 20.6 Å². The Morgan fingerprint density at radius 2 is 1.90 bits per heavy atom. The number of piperidine rings is 1. The van der Waals surface area contributed by atoms with Gasteiger partial charge in [0.1, 0.15) is 0 Å². The van der Waals surface area contributed by atoms with Crippen LogP contribution in [0.25, 0.3) is 0 Å². The lowest BCUT2D eigenvalue weighted by molar-refractivity contribution is -0.504. The number of pyridine rings is 1. The van der Waals surface area contributed by atoms with Gasteiger partial charge in [-0.25, -0.2) is 8.42 Å². The molecule has 1 N–H and O–H groups in total. The topological polar surface area (TPSA) is 118 Å². The van der Waals surface area contributed by atoms with Gasteiger partial charge in [0, 0.05) is 49.7 Å². The van der Waals surface area contributed by atoms with Gasteiger partial charge in [-0.2, -0.15) is 4.74 Å². The molecule has 2 aliphatic rings. The lowest BCUT2D eigenvalue weighted by Gasteiger charge is -2.45. The highest BCUT2D eigenvalue weighted by molar-refractivity contribution is 7.93. The summed E-state index contributed by atoms with van der Waals surface area (Å²) in [5.41, 5.74) is 2.97. The maximum absolute atomic E-state index is 15.1. The third-order valence-electron chi connectivity index (χ3n) is 8.31. The number of amides is 1. The van der Waals surface area contributed by atoms with Crippen molar-refractivity contribution in [2.75, 3.05) is 24.5 Å². The smallest absolute Gasteiger partial charge is 0.316 e. The molecule has 0 saturated carbocycles. The van der Waals surface area contributed by atoms with Gasteiger partial charge in [-0.3, -0.25) is 14.8 Å².